The van der Waals surface area contributed by atoms with Crippen LogP contribution in [0, 0.1) is 6.92 Å². The summed E-state index contributed by atoms with van der Waals surface area (Å²) in [6.07, 6.45) is 4.20. The molecule has 0 aliphatic carbocycles. The molecule has 0 fully saturated rings. The first-order chi connectivity index (χ1) is 5.36. The number of rotatable bonds is 1. The van der Waals surface area contributed by atoms with Crippen LogP contribution in [0.15, 0.2) is 32.7 Å². The van der Waals surface area contributed by atoms with Crippen LogP contribution in [-0.2, 0) is 0 Å². The van der Waals surface area contributed by atoms with E-state index in [1.54, 1.807) is 11.3 Å². The lowest BCUT2D eigenvalue weighted by atomic mass is 10.6. The van der Waals surface area contributed by atoms with Crippen molar-refractivity contribution in [3.8, 4) is 0 Å². The van der Waals surface area contributed by atoms with Crippen LogP contribution in [-0.4, -0.2) is 4.98 Å². The maximum Gasteiger partial charge on any atom is 0.137 e. The molecule has 3 heteroatoms. The van der Waals surface area contributed by atoms with Crippen LogP contribution in [0.25, 0.3) is 0 Å². The van der Waals surface area contributed by atoms with Crippen LogP contribution < -0.4 is 0 Å². The van der Waals surface area contributed by atoms with Crippen molar-refractivity contribution in [3.63, 3.8) is 0 Å². The predicted molar refractivity (Wildman–Crippen MR) is 52.4 cm³/mol. The summed E-state index contributed by atoms with van der Waals surface area (Å²) >= 11 is 1.76. The lowest BCUT2D eigenvalue weighted by molar-refractivity contribution is 1.16. The van der Waals surface area contributed by atoms with Crippen molar-refractivity contribution in [2.45, 2.75) is 11.3 Å². The number of nitrogens with zero attached hydrogens (tertiary/aromatic N) is 1. The average Bonchev–Trinajstić information content (AvgIpc) is 2.55. The maximum atomic E-state index is 4.44. The lowest BCUT2D eigenvalue weighted by Gasteiger charge is -2.02. The molecule has 0 aromatic carbocycles. The molecule has 58 valence electrons. The molecule has 1 aromatic rings. The first-order valence-corrected chi connectivity index (χ1v) is 5.78. The van der Waals surface area contributed by atoms with E-state index in [2.05, 4.69) is 33.3 Å². The van der Waals surface area contributed by atoms with Crippen LogP contribution in [0.2, 0.25) is 0 Å². The number of thiazole rings is 1. The summed E-state index contributed by atoms with van der Waals surface area (Å²) in [4.78, 5) is 4.44. The standard InChI is InChI=1S/C8H9NS2/c1-7-6-10-8(9-7)11-4-2-3-5-11/h2-6,11H,1H3. The molecular weight excluding hydrogens is 174 g/mol. The smallest absolute Gasteiger partial charge is 0.137 e. The van der Waals surface area contributed by atoms with Crippen molar-refractivity contribution in [3.05, 3.63) is 34.0 Å². The van der Waals surface area contributed by atoms with Crippen LogP contribution in [0.3, 0.4) is 0 Å². The zero-order chi connectivity index (χ0) is 7.68. The Morgan fingerprint density at radius 1 is 1.36 bits per heavy atom. The molecule has 0 N–H and O–H groups in total. The summed E-state index contributed by atoms with van der Waals surface area (Å²) < 4.78 is 1.27. The molecule has 0 bridgehead atoms. The molecule has 0 radical (unpaired) electrons. The maximum absolute atomic E-state index is 4.44. The van der Waals surface area contributed by atoms with Gasteiger partial charge in [-0.25, -0.2) is 4.98 Å². The van der Waals surface area contributed by atoms with Gasteiger partial charge in [0, 0.05) is 11.1 Å². The Hall–Kier alpha value is -0.540. The van der Waals surface area contributed by atoms with Crippen molar-refractivity contribution < 1.29 is 0 Å². The van der Waals surface area contributed by atoms with Crippen molar-refractivity contribution >= 4 is 22.2 Å². The fourth-order valence-electron chi connectivity index (χ4n) is 0.922. The SMILES string of the molecule is Cc1csc([SH]2C=CC=C2)n1. The molecule has 0 spiro atoms. The molecule has 1 aliphatic rings. The minimum absolute atomic E-state index is 0.173. The summed E-state index contributed by atoms with van der Waals surface area (Å²) in [6, 6.07) is 0. The van der Waals surface area contributed by atoms with E-state index in [4.69, 9.17) is 0 Å². The summed E-state index contributed by atoms with van der Waals surface area (Å²) in [6.45, 7) is 2.04. The Kier molecular flexibility index (Phi) is 1.84. The van der Waals surface area contributed by atoms with Gasteiger partial charge in [-0.3, -0.25) is 0 Å². The summed E-state index contributed by atoms with van der Waals surface area (Å²) in [7, 11) is -0.173. The van der Waals surface area contributed by atoms with Gasteiger partial charge in [0.2, 0.25) is 0 Å². The Labute approximate surface area is 72.8 Å². The molecule has 0 saturated heterocycles. The summed E-state index contributed by atoms with van der Waals surface area (Å²) in [5, 5.41) is 6.57. The van der Waals surface area contributed by atoms with E-state index in [0.29, 0.717) is 0 Å². The number of hydrogen-bond donors (Lipinski definition) is 1. The first-order valence-electron chi connectivity index (χ1n) is 3.42. The topological polar surface area (TPSA) is 12.9 Å². The van der Waals surface area contributed by atoms with Crippen molar-refractivity contribution in [2.24, 2.45) is 0 Å². The van der Waals surface area contributed by atoms with Gasteiger partial charge in [0.05, 0.1) is 0 Å². The van der Waals surface area contributed by atoms with E-state index in [0.717, 1.165) is 5.69 Å². The zero-order valence-electron chi connectivity index (χ0n) is 6.19. The minimum atomic E-state index is -0.173. The number of allylic oxidation sites excluding steroid dienone is 2. The van der Waals surface area contributed by atoms with Gasteiger partial charge in [0.15, 0.2) is 0 Å². The van der Waals surface area contributed by atoms with Crippen molar-refractivity contribution in [2.75, 3.05) is 0 Å². The monoisotopic (exact) mass is 183 g/mol. The van der Waals surface area contributed by atoms with Crippen LogP contribution in [0.5, 0.6) is 0 Å². The quantitative estimate of drug-likeness (QED) is 0.661. The number of hydrogen-bond acceptors (Lipinski definition) is 2. The van der Waals surface area contributed by atoms with Gasteiger partial charge < -0.3 is 0 Å². The second-order valence-electron chi connectivity index (χ2n) is 2.36. The average molecular weight is 183 g/mol. The molecule has 2 rings (SSSR count). The normalized spacial score (nSPS) is 18.1. The highest BCUT2D eigenvalue weighted by Gasteiger charge is 2.05. The lowest BCUT2D eigenvalue weighted by Crippen LogP contribution is -1.72. The molecule has 0 amide bonds. The second-order valence-corrected chi connectivity index (χ2v) is 5.36. The predicted octanol–water partition coefficient (Wildman–Crippen LogP) is 2.85. The fraction of sp³-hybridized carbons (Fsp3) is 0.125. The highest BCUT2D eigenvalue weighted by atomic mass is 32.2. The van der Waals surface area contributed by atoms with Gasteiger partial charge in [-0.15, -0.1) is 11.3 Å². The van der Waals surface area contributed by atoms with E-state index in [-0.39, 0.29) is 10.9 Å². The third-order valence-electron chi connectivity index (χ3n) is 1.43. The number of aromatic nitrogens is 1. The summed E-state index contributed by atoms with van der Waals surface area (Å²) in [5.74, 6) is 0. The molecule has 1 aliphatic heterocycles. The van der Waals surface area contributed by atoms with Gasteiger partial charge in [0.1, 0.15) is 4.34 Å². The van der Waals surface area contributed by atoms with Gasteiger partial charge >= 0.3 is 0 Å². The number of thiol groups is 1. The highest BCUT2D eigenvalue weighted by molar-refractivity contribution is 8.23. The Morgan fingerprint density at radius 3 is 2.64 bits per heavy atom. The van der Waals surface area contributed by atoms with Crippen LogP contribution in [0.4, 0.5) is 0 Å². The molecule has 11 heavy (non-hydrogen) atoms. The van der Waals surface area contributed by atoms with Gasteiger partial charge in [-0.2, -0.15) is 10.9 Å². The third-order valence-corrected chi connectivity index (χ3v) is 4.67. The molecule has 1 aromatic heterocycles. The third kappa shape index (κ3) is 1.39. The molecule has 1 nitrogen and oxygen atoms in total. The molecule has 0 saturated carbocycles. The van der Waals surface area contributed by atoms with Gasteiger partial charge in [0.25, 0.3) is 0 Å². The fourth-order valence-corrected chi connectivity index (χ4v) is 3.65. The van der Waals surface area contributed by atoms with Crippen molar-refractivity contribution in [1.29, 1.82) is 0 Å². The molecule has 2 heterocycles. The number of aryl methyl sites for hydroxylation is 1. The Bertz CT molecular complexity index is 300. The van der Waals surface area contributed by atoms with Gasteiger partial charge in [-0.05, 0) is 17.7 Å². The van der Waals surface area contributed by atoms with E-state index in [1.165, 1.54) is 4.34 Å². The Balaban J connectivity index is 2.29. The van der Waals surface area contributed by atoms with Gasteiger partial charge in [-0.1, -0.05) is 12.2 Å². The van der Waals surface area contributed by atoms with E-state index in [9.17, 15) is 0 Å². The minimum Gasteiger partial charge on any atom is -0.236 e. The molecule has 0 atom stereocenters. The van der Waals surface area contributed by atoms with Crippen LogP contribution in [0.1, 0.15) is 5.69 Å². The largest absolute Gasteiger partial charge is 0.236 e. The van der Waals surface area contributed by atoms with E-state index < -0.39 is 0 Å². The van der Waals surface area contributed by atoms with Crippen LogP contribution >= 0.6 is 22.2 Å². The zero-order valence-corrected chi connectivity index (χ0v) is 7.90. The molecular formula is C8H9NS2. The Morgan fingerprint density at radius 2 is 2.09 bits per heavy atom. The summed E-state index contributed by atoms with van der Waals surface area (Å²) in [5.41, 5.74) is 1.14. The first kappa shape index (κ1) is 7.13. The van der Waals surface area contributed by atoms with E-state index in [1.807, 2.05) is 6.92 Å². The second kappa shape index (κ2) is 2.83. The van der Waals surface area contributed by atoms with E-state index >= 15 is 0 Å². The highest BCUT2D eigenvalue weighted by Crippen LogP contribution is 2.43. The van der Waals surface area contributed by atoms with Crippen molar-refractivity contribution in [1.82, 2.24) is 4.98 Å². The molecule has 0 unspecified atom stereocenters.